The van der Waals surface area contributed by atoms with Crippen LogP contribution in [0.1, 0.15) is 6.92 Å². The molecule has 1 fully saturated rings. The van der Waals surface area contributed by atoms with Gasteiger partial charge in [-0.05, 0) is 12.5 Å². The van der Waals surface area contributed by atoms with Crippen molar-refractivity contribution in [2.24, 2.45) is 0 Å². The fourth-order valence-corrected chi connectivity index (χ4v) is 0.833. The quantitative estimate of drug-likeness (QED) is 0.374. The molecule has 1 N–H and O–H groups in total. The molecule has 0 aromatic carbocycles. The van der Waals surface area contributed by atoms with Crippen molar-refractivity contribution in [2.75, 3.05) is 6.54 Å². The summed E-state index contributed by atoms with van der Waals surface area (Å²) in [5.74, 6) is 0. The van der Waals surface area contributed by atoms with Gasteiger partial charge in [-0.3, -0.25) is 0 Å². The van der Waals surface area contributed by atoms with Gasteiger partial charge < -0.3 is 5.32 Å². The zero-order valence-corrected chi connectivity index (χ0v) is 6.47. The average molecular weight is 147 g/mol. The second-order valence-corrected chi connectivity index (χ2v) is 3.21. The summed E-state index contributed by atoms with van der Waals surface area (Å²) in [6.07, 6.45) is 0. The van der Waals surface area contributed by atoms with E-state index < -0.39 is 0 Å². The van der Waals surface area contributed by atoms with Crippen molar-refractivity contribution in [3.8, 4) is 0 Å². The van der Waals surface area contributed by atoms with Crippen LogP contribution < -0.4 is 5.32 Å². The maximum atomic E-state index is 4.08. The molecule has 0 saturated carbocycles. The SMILES string of the molecule is CC(=C(S)S)[C@@H]1CN1. The summed E-state index contributed by atoms with van der Waals surface area (Å²) in [4.78, 5) is 0. The van der Waals surface area contributed by atoms with E-state index in [9.17, 15) is 0 Å². The van der Waals surface area contributed by atoms with Gasteiger partial charge in [-0.25, -0.2) is 0 Å². The van der Waals surface area contributed by atoms with Gasteiger partial charge in [0.2, 0.25) is 0 Å². The highest BCUT2D eigenvalue weighted by molar-refractivity contribution is 8.05. The van der Waals surface area contributed by atoms with Gasteiger partial charge >= 0.3 is 0 Å². The first-order valence-corrected chi connectivity index (χ1v) is 3.43. The van der Waals surface area contributed by atoms with Crippen LogP contribution in [0.15, 0.2) is 9.81 Å². The first-order chi connectivity index (χ1) is 3.72. The third kappa shape index (κ3) is 1.44. The molecule has 0 aromatic heterocycles. The third-order valence-corrected chi connectivity index (χ3v) is 1.99. The highest BCUT2D eigenvalue weighted by Gasteiger charge is 2.22. The Morgan fingerprint density at radius 1 is 1.62 bits per heavy atom. The maximum absolute atomic E-state index is 4.08. The average Bonchev–Trinajstić information content (AvgIpc) is 2.43. The number of rotatable bonds is 1. The molecule has 0 radical (unpaired) electrons. The number of hydrogen-bond donors (Lipinski definition) is 3. The van der Waals surface area contributed by atoms with Gasteiger partial charge in [-0.2, -0.15) is 0 Å². The van der Waals surface area contributed by atoms with Gasteiger partial charge in [0.05, 0.1) is 0 Å². The van der Waals surface area contributed by atoms with Crippen molar-refractivity contribution in [3.63, 3.8) is 0 Å². The molecule has 1 aliphatic heterocycles. The third-order valence-electron chi connectivity index (χ3n) is 1.28. The van der Waals surface area contributed by atoms with Gasteiger partial charge in [0.1, 0.15) is 0 Å². The number of hydrogen-bond acceptors (Lipinski definition) is 3. The van der Waals surface area contributed by atoms with Crippen LogP contribution in [0.25, 0.3) is 0 Å². The summed E-state index contributed by atoms with van der Waals surface area (Å²) in [6, 6.07) is 0.569. The largest absolute Gasteiger partial charge is 0.307 e. The zero-order valence-electron chi connectivity index (χ0n) is 4.68. The molecule has 1 rings (SSSR count). The van der Waals surface area contributed by atoms with Crippen LogP contribution in [0.3, 0.4) is 0 Å². The van der Waals surface area contributed by atoms with Crippen LogP contribution >= 0.6 is 25.3 Å². The van der Waals surface area contributed by atoms with Crippen LogP contribution in [-0.2, 0) is 0 Å². The van der Waals surface area contributed by atoms with E-state index in [0.29, 0.717) is 6.04 Å². The molecule has 0 amide bonds. The highest BCUT2D eigenvalue weighted by atomic mass is 32.2. The smallest absolute Gasteiger partial charge is 0.0422 e. The van der Waals surface area contributed by atoms with E-state index in [1.54, 1.807) is 0 Å². The van der Waals surface area contributed by atoms with E-state index in [0.717, 1.165) is 10.8 Å². The molecule has 0 aromatic rings. The molecule has 0 spiro atoms. The molecule has 46 valence electrons. The summed E-state index contributed by atoms with van der Waals surface area (Å²) in [6.45, 7) is 3.14. The fourth-order valence-electron chi connectivity index (χ4n) is 0.521. The Morgan fingerprint density at radius 2 is 2.12 bits per heavy atom. The number of thiol groups is 2. The van der Waals surface area contributed by atoms with E-state index in [2.05, 4.69) is 30.6 Å². The Morgan fingerprint density at radius 3 is 2.25 bits per heavy atom. The van der Waals surface area contributed by atoms with E-state index in [1.807, 2.05) is 6.92 Å². The Labute approximate surface area is 60.4 Å². The highest BCUT2D eigenvalue weighted by Crippen LogP contribution is 2.19. The van der Waals surface area contributed by atoms with Crippen LogP contribution in [-0.4, -0.2) is 12.6 Å². The summed E-state index contributed by atoms with van der Waals surface area (Å²) >= 11 is 8.15. The normalized spacial score (nSPS) is 25.1. The monoisotopic (exact) mass is 147 g/mol. The van der Waals surface area contributed by atoms with Crippen molar-refractivity contribution in [2.45, 2.75) is 13.0 Å². The lowest BCUT2D eigenvalue weighted by molar-refractivity contribution is 1.10. The van der Waals surface area contributed by atoms with Crippen LogP contribution in [0.5, 0.6) is 0 Å². The molecule has 1 atom stereocenters. The van der Waals surface area contributed by atoms with Gasteiger partial charge in [0.25, 0.3) is 0 Å². The minimum Gasteiger partial charge on any atom is -0.307 e. The first-order valence-electron chi connectivity index (χ1n) is 2.54. The van der Waals surface area contributed by atoms with Crippen molar-refractivity contribution in [1.29, 1.82) is 0 Å². The van der Waals surface area contributed by atoms with Crippen molar-refractivity contribution >= 4 is 25.3 Å². The molecule has 1 aliphatic rings. The summed E-state index contributed by atoms with van der Waals surface area (Å²) in [5.41, 5.74) is 1.25. The second-order valence-electron chi connectivity index (χ2n) is 1.97. The van der Waals surface area contributed by atoms with Crippen molar-refractivity contribution in [1.82, 2.24) is 5.32 Å². The van der Waals surface area contributed by atoms with Crippen molar-refractivity contribution < 1.29 is 0 Å². The van der Waals surface area contributed by atoms with Crippen LogP contribution in [0.4, 0.5) is 0 Å². The van der Waals surface area contributed by atoms with E-state index >= 15 is 0 Å². The zero-order chi connectivity index (χ0) is 6.15. The van der Waals surface area contributed by atoms with Gasteiger partial charge in [-0.15, -0.1) is 25.3 Å². The lowest BCUT2D eigenvalue weighted by Crippen LogP contribution is -1.91. The van der Waals surface area contributed by atoms with E-state index in [1.165, 1.54) is 5.57 Å². The molecular weight excluding hydrogens is 138 g/mol. The molecular formula is C5H9NS2. The minimum absolute atomic E-state index is 0.569. The standard InChI is InChI=1S/C5H9NS2/c1-3(5(7)8)4-2-6-4/h4,6-8H,2H2,1H3/t4-/m0/s1. The van der Waals surface area contributed by atoms with Crippen LogP contribution in [0.2, 0.25) is 0 Å². The Kier molecular flexibility index (Phi) is 1.90. The maximum Gasteiger partial charge on any atom is 0.0422 e. The lowest BCUT2D eigenvalue weighted by Gasteiger charge is -1.94. The molecule has 1 saturated heterocycles. The summed E-state index contributed by atoms with van der Waals surface area (Å²) in [5, 5.41) is 3.16. The molecule has 8 heavy (non-hydrogen) atoms. The molecule has 0 bridgehead atoms. The Hall–Kier alpha value is 0.400. The molecule has 1 heterocycles. The topological polar surface area (TPSA) is 21.9 Å². The summed E-state index contributed by atoms with van der Waals surface area (Å²) in [7, 11) is 0. The number of nitrogens with one attached hydrogen (secondary N) is 1. The molecule has 3 heteroatoms. The predicted molar refractivity (Wildman–Crippen MR) is 42.5 cm³/mol. The lowest BCUT2D eigenvalue weighted by atomic mass is 10.3. The van der Waals surface area contributed by atoms with E-state index in [4.69, 9.17) is 0 Å². The van der Waals surface area contributed by atoms with Gasteiger partial charge in [0.15, 0.2) is 0 Å². The minimum atomic E-state index is 0.569. The molecule has 0 unspecified atom stereocenters. The van der Waals surface area contributed by atoms with Gasteiger partial charge in [-0.1, -0.05) is 0 Å². The summed E-state index contributed by atoms with van der Waals surface area (Å²) < 4.78 is 0.847. The second kappa shape index (κ2) is 2.33. The first kappa shape index (κ1) is 6.52. The predicted octanol–water partition coefficient (Wildman–Crippen LogP) is 1.05. The Balaban J connectivity index is 2.54. The molecule has 1 nitrogen and oxygen atoms in total. The molecule has 0 aliphatic carbocycles. The van der Waals surface area contributed by atoms with Crippen molar-refractivity contribution in [3.05, 3.63) is 9.81 Å². The Bertz CT molecular complexity index is 122. The fraction of sp³-hybridized carbons (Fsp3) is 0.600. The van der Waals surface area contributed by atoms with Gasteiger partial charge in [0, 0.05) is 16.8 Å². The van der Waals surface area contributed by atoms with E-state index in [-0.39, 0.29) is 0 Å². The van der Waals surface area contributed by atoms with Crippen LogP contribution in [0, 0.1) is 0 Å².